The molecular weight excluding hydrogens is 269 g/mol. The van der Waals surface area contributed by atoms with E-state index in [1.165, 1.54) is 25.7 Å². The molecule has 0 aromatic heterocycles. The van der Waals surface area contributed by atoms with E-state index in [2.05, 4.69) is 47.5 Å². The SMILES string of the molecule is CC(C)C1C[CH-]CC(C(C)(C)C)C[CH-]C1.[Y]. The fourth-order valence-electron chi connectivity index (χ4n) is 2.47. The predicted molar refractivity (Wildman–Crippen MR) is 68.3 cm³/mol. The summed E-state index contributed by atoms with van der Waals surface area (Å²) in [5.41, 5.74) is 0.470. The molecule has 0 saturated heterocycles. The molecule has 0 aliphatic heterocycles. The Bertz CT molecular complexity index is 168. The van der Waals surface area contributed by atoms with Crippen molar-refractivity contribution in [3.63, 3.8) is 0 Å². The molecule has 1 aliphatic rings. The Hall–Kier alpha value is 1.10. The summed E-state index contributed by atoms with van der Waals surface area (Å²) in [6, 6.07) is 0. The molecule has 0 amide bonds. The Balaban J connectivity index is 0.00000225. The van der Waals surface area contributed by atoms with Crippen LogP contribution in [0.25, 0.3) is 0 Å². The van der Waals surface area contributed by atoms with Crippen LogP contribution in [0.2, 0.25) is 0 Å². The average molecular weight is 297 g/mol. The molecule has 1 rings (SSSR count). The van der Waals surface area contributed by atoms with E-state index in [1.54, 1.807) is 0 Å². The summed E-state index contributed by atoms with van der Waals surface area (Å²) in [7, 11) is 0. The molecule has 16 heavy (non-hydrogen) atoms. The van der Waals surface area contributed by atoms with Crippen LogP contribution in [0.1, 0.15) is 60.3 Å². The van der Waals surface area contributed by atoms with E-state index in [9.17, 15) is 0 Å². The summed E-state index contributed by atoms with van der Waals surface area (Å²) in [4.78, 5) is 0. The van der Waals surface area contributed by atoms with Gasteiger partial charge in [-0.15, -0.1) is 0 Å². The van der Waals surface area contributed by atoms with Crippen molar-refractivity contribution in [1.82, 2.24) is 0 Å². The summed E-state index contributed by atoms with van der Waals surface area (Å²) in [6.45, 7) is 11.8. The molecule has 1 aliphatic carbocycles. The van der Waals surface area contributed by atoms with Gasteiger partial charge in [0, 0.05) is 32.7 Å². The first-order valence-electron chi connectivity index (χ1n) is 6.54. The summed E-state index contributed by atoms with van der Waals surface area (Å²) >= 11 is 0. The van der Waals surface area contributed by atoms with Gasteiger partial charge in [0.25, 0.3) is 0 Å². The van der Waals surface area contributed by atoms with Crippen molar-refractivity contribution in [2.45, 2.75) is 60.3 Å². The second-order valence-corrected chi connectivity index (χ2v) is 6.59. The van der Waals surface area contributed by atoms with Crippen LogP contribution >= 0.6 is 0 Å². The number of hydrogen-bond acceptors (Lipinski definition) is 0. The van der Waals surface area contributed by atoms with E-state index >= 15 is 0 Å². The molecule has 0 aromatic rings. The molecule has 0 nitrogen and oxygen atoms in total. The van der Waals surface area contributed by atoms with Gasteiger partial charge in [-0.1, -0.05) is 46.5 Å². The fourth-order valence-corrected chi connectivity index (χ4v) is 2.47. The molecule has 1 fully saturated rings. The van der Waals surface area contributed by atoms with Crippen molar-refractivity contribution in [1.29, 1.82) is 0 Å². The molecule has 0 unspecified atom stereocenters. The predicted octanol–water partition coefficient (Wildman–Crippen LogP) is 4.90. The first kappa shape index (κ1) is 17.1. The smallest absolute Gasteiger partial charge is 0 e. The van der Waals surface area contributed by atoms with Gasteiger partial charge in [0.05, 0.1) is 0 Å². The Labute approximate surface area is 128 Å². The van der Waals surface area contributed by atoms with Gasteiger partial charge in [-0.2, -0.15) is 25.7 Å². The molecule has 1 radical (unpaired) electrons. The van der Waals surface area contributed by atoms with Gasteiger partial charge in [0.1, 0.15) is 0 Å². The minimum Gasteiger partial charge on any atom is -0.328 e. The maximum atomic E-state index is 2.55. The molecule has 1 saturated carbocycles. The van der Waals surface area contributed by atoms with Crippen molar-refractivity contribution in [2.24, 2.45) is 23.2 Å². The van der Waals surface area contributed by atoms with Crippen molar-refractivity contribution in [3.8, 4) is 0 Å². The molecule has 0 heterocycles. The zero-order valence-corrected chi connectivity index (χ0v) is 14.6. The van der Waals surface area contributed by atoms with Crippen LogP contribution in [0.4, 0.5) is 0 Å². The van der Waals surface area contributed by atoms with Crippen LogP contribution in [0.5, 0.6) is 0 Å². The van der Waals surface area contributed by atoms with Crippen molar-refractivity contribution >= 4 is 0 Å². The molecule has 1 heteroatoms. The van der Waals surface area contributed by atoms with Gasteiger partial charge >= 0.3 is 0 Å². The van der Waals surface area contributed by atoms with Gasteiger partial charge in [-0.05, 0) is 11.3 Å². The second kappa shape index (κ2) is 7.52. The molecule has 0 atom stereocenters. The normalized spacial score (nSPS) is 28.1. The zero-order valence-electron chi connectivity index (χ0n) is 11.8. The first-order chi connectivity index (χ1) is 6.91. The second-order valence-electron chi connectivity index (χ2n) is 6.59. The van der Waals surface area contributed by atoms with Crippen molar-refractivity contribution in [3.05, 3.63) is 12.8 Å². The van der Waals surface area contributed by atoms with Crippen LogP contribution in [0.3, 0.4) is 0 Å². The quantitative estimate of drug-likeness (QED) is 0.604. The van der Waals surface area contributed by atoms with Crippen LogP contribution in [-0.2, 0) is 32.7 Å². The third-order valence-electron chi connectivity index (χ3n) is 4.01. The molecule has 0 spiro atoms. The van der Waals surface area contributed by atoms with Crippen molar-refractivity contribution in [2.75, 3.05) is 0 Å². The zero-order chi connectivity index (χ0) is 11.5. The summed E-state index contributed by atoms with van der Waals surface area (Å²) in [5.74, 6) is 2.58. The van der Waals surface area contributed by atoms with Crippen LogP contribution in [0.15, 0.2) is 0 Å². The Morgan fingerprint density at radius 3 is 1.69 bits per heavy atom. The van der Waals surface area contributed by atoms with E-state index in [1.807, 2.05) is 0 Å². The molecule has 0 aromatic carbocycles. The molecular formula is C15H28Y-2. The van der Waals surface area contributed by atoms with E-state index in [0.717, 1.165) is 17.8 Å². The third-order valence-corrected chi connectivity index (χ3v) is 4.01. The molecule has 93 valence electrons. The summed E-state index contributed by atoms with van der Waals surface area (Å²) in [6.07, 6.45) is 10.4. The minimum absolute atomic E-state index is 0. The van der Waals surface area contributed by atoms with E-state index < -0.39 is 0 Å². The third kappa shape index (κ3) is 5.63. The molecule has 0 bridgehead atoms. The van der Waals surface area contributed by atoms with Crippen molar-refractivity contribution < 1.29 is 32.7 Å². The Morgan fingerprint density at radius 2 is 1.38 bits per heavy atom. The van der Waals surface area contributed by atoms with Gasteiger partial charge < -0.3 is 12.8 Å². The van der Waals surface area contributed by atoms with Crippen LogP contribution in [-0.4, -0.2) is 0 Å². The number of hydrogen-bond donors (Lipinski definition) is 0. The van der Waals surface area contributed by atoms with Gasteiger partial charge in [-0.25, -0.2) is 0 Å². The monoisotopic (exact) mass is 297 g/mol. The van der Waals surface area contributed by atoms with Gasteiger partial charge in [0.2, 0.25) is 0 Å². The Kier molecular flexibility index (Phi) is 8.04. The van der Waals surface area contributed by atoms with E-state index in [0.29, 0.717) is 5.41 Å². The van der Waals surface area contributed by atoms with Gasteiger partial charge in [0.15, 0.2) is 0 Å². The minimum atomic E-state index is 0. The largest absolute Gasteiger partial charge is 0.328 e. The summed E-state index contributed by atoms with van der Waals surface area (Å²) < 4.78 is 0. The topological polar surface area (TPSA) is 0 Å². The van der Waals surface area contributed by atoms with E-state index in [4.69, 9.17) is 0 Å². The van der Waals surface area contributed by atoms with Crippen LogP contribution in [0, 0.1) is 36.0 Å². The Morgan fingerprint density at radius 1 is 0.938 bits per heavy atom. The summed E-state index contributed by atoms with van der Waals surface area (Å²) in [5, 5.41) is 0. The standard InChI is InChI=1S/C15H28.Y/c1-12(2)13-8-6-10-14(11-7-9-13)15(3,4)5;/h6-7,12-14H,8-11H2,1-5H3;/q-2;. The fraction of sp³-hybridized carbons (Fsp3) is 0.867. The molecule has 0 N–H and O–H groups in total. The average Bonchev–Trinajstić information content (AvgIpc) is 1.99. The maximum Gasteiger partial charge on any atom is 0 e. The van der Waals surface area contributed by atoms with E-state index in [-0.39, 0.29) is 32.7 Å². The van der Waals surface area contributed by atoms with Crippen LogP contribution < -0.4 is 0 Å². The first-order valence-corrected chi connectivity index (χ1v) is 6.54. The van der Waals surface area contributed by atoms with Gasteiger partial charge in [-0.3, -0.25) is 0 Å². The number of rotatable bonds is 1. The maximum absolute atomic E-state index is 2.55.